The molecule has 0 radical (unpaired) electrons. The first-order valence-electron chi connectivity index (χ1n) is 7.39. The molecule has 0 heterocycles. The number of rotatable bonds is 5. The predicted octanol–water partition coefficient (Wildman–Crippen LogP) is 3.74. The molecule has 0 saturated carbocycles. The lowest BCUT2D eigenvalue weighted by atomic mass is 10.1. The number of hydrogen-bond donors (Lipinski definition) is 1. The van der Waals surface area contributed by atoms with Crippen molar-refractivity contribution in [2.75, 3.05) is 6.61 Å². The lowest BCUT2D eigenvalue weighted by Gasteiger charge is -2.36. The Hall–Kier alpha value is -0.643. The van der Waals surface area contributed by atoms with Crippen LogP contribution in [-0.4, -0.2) is 20.0 Å². The Labute approximate surface area is 115 Å². The second-order valence-electron chi connectivity index (χ2n) is 6.17. The van der Waals surface area contributed by atoms with Gasteiger partial charge in [0.2, 0.25) is 0 Å². The van der Waals surface area contributed by atoms with Gasteiger partial charge in [-0.05, 0) is 35.7 Å². The molecule has 1 N–H and O–H groups in total. The highest BCUT2D eigenvalue weighted by Gasteiger charge is 2.36. The molecule has 1 aromatic carbocycles. The van der Waals surface area contributed by atoms with Crippen LogP contribution >= 0.6 is 0 Å². The molecule has 3 heteroatoms. The van der Waals surface area contributed by atoms with E-state index in [0.717, 1.165) is 12.0 Å². The van der Waals surface area contributed by atoms with Crippen LogP contribution in [-0.2, 0) is 17.4 Å². The molecule has 0 spiro atoms. The van der Waals surface area contributed by atoms with Crippen LogP contribution in [0.15, 0.2) is 24.3 Å². The molecule has 1 aromatic rings. The van der Waals surface area contributed by atoms with Gasteiger partial charge in [0.15, 0.2) is 8.32 Å². The van der Waals surface area contributed by atoms with Gasteiger partial charge in [0.1, 0.15) is 0 Å². The summed E-state index contributed by atoms with van der Waals surface area (Å²) in [6.07, 6.45) is 0.807. The third-order valence-corrected chi connectivity index (χ3v) is 8.28. The van der Waals surface area contributed by atoms with Crippen molar-refractivity contribution in [1.82, 2.24) is 0 Å². The minimum atomic E-state index is -2.27. The average Bonchev–Trinajstić information content (AvgIpc) is 2.26. The first kappa shape index (κ1) is 12.4. The fourth-order valence-electron chi connectivity index (χ4n) is 1.39. The second-order valence-corrected chi connectivity index (χ2v) is 11.0. The zero-order chi connectivity index (χ0) is 15.6. The molecule has 0 atom stereocenters. The van der Waals surface area contributed by atoms with Gasteiger partial charge in [-0.3, -0.25) is 0 Å². The second kappa shape index (κ2) is 6.00. The van der Waals surface area contributed by atoms with E-state index in [1.54, 1.807) is 12.1 Å². The lowest BCUT2D eigenvalue weighted by Crippen LogP contribution is -2.41. The summed E-state index contributed by atoms with van der Waals surface area (Å²) in [5.74, 6) is 0. The molecule has 0 bridgehead atoms. The Morgan fingerprint density at radius 1 is 1.17 bits per heavy atom. The molecule has 0 fully saturated rings. The van der Waals surface area contributed by atoms with Crippen molar-refractivity contribution < 1.29 is 12.3 Å². The van der Waals surface area contributed by atoms with Crippen LogP contribution in [0.3, 0.4) is 0 Å². The summed E-state index contributed by atoms with van der Waals surface area (Å²) in [6.45, 7) is 9.54. The van der Waals surface area contributed by atoms with E-state index in [1.165, 1.54) is 0 Å². The molecule has 0 saturated heterocycles. The maximum Gasteiger partial charge on any atom is 0.191 e. The summed E-state index contributed by atoms with van der Waals surface area (Å²) >= 11 is 0. The van der Waals surface area contributed by atoms with Gasteiger partial charge in [0.25, 0.3) is 0 Å². The summed E-state index contributed by atoms with van der Waals surface area (Å²) in [5.41, 5.74) is 1.38. The molecular formula is C15H26O2Si. The molecule has 18 heavy (non-hydrogen) atoms. The molecular weight excluding hydrogens is 240 g/mol. The highest BCUT2D eigenvalue weighted by atomic mass is 28.4. The molecule has 2 nitrogen and oxygen atoms in total. The predicted molar refractivity (Wildman–Crippen MR) is 79.2 cm³/mol. The van der Waals surface area contributed by atoms with Crippen molar-refractivity contribution >= 4 is 8.32 Å². The van der Waals surface area contributed by atoms with Crippen LogP contribution in [0.1, 0.15) is 34.6 Å². The van der Waals surface area contributed by atoms with Crippen molar-refractivity contribution in [2.24, 2.45) is 0 Å². The van der Waals surface area contributed by atoms with E-state index in [1.807, 2.05) is 12.1 Å². The van der Waals surface area contributed by atoms with E-state index < -0.39 is 14.9 Å². The van der Waals surface area contributed by atoms with Gasteiger partial charge in [-0.2, -0.15) is 0 Å². The summed E-state index contributed by atoms with van der Waals surface area (Å²) in [7, 11) is -1.70. The van der Waals surface area contributed by atoms with E-state index >= 15 is 0 Å². The van der Waals surface area contributed by atoms with E-state index in [0.29, 0.717) is 6.61 Å². The molecule has 0 amide bonds. The standard InChI is InChI=1S/C15H26O2Si/c1-15(2,3)18(4,5)17-11-10-13-6-8-14(12-16)9-7-13/h6-9,16H,10-12H2,1-5H3/i12D2. The summed E-state index contributed by atoms with van der Waals surface area (Å²) in [4.78, 5) is 0. The minimum Gasteiger partial charge on any atom is -0.416 e. The quantitative estimate of drug-likeness (QED) is 0.824. The fraction of sp³-hybridized carbons (Fsp3) is 0.600. The fourth-order valence-corrected chi connectivity index (χ4v) is 2.43. The highest BCUT2D eigenvalue weighted by Crippen LogP contribution is 2.36. The van der Waals surface area contributed by atoms with Crippen LogP contribution < -0.4 is 0 Å². The van der Waals surface area contributed by atoms with Crippen LogP contribution in [0.2, 0.25) is 18.1 Å². The minimum absolute atomic E-state index is 0.212. The maximum atomic E-state index is 9.27. The molecule has 0 aliphatic rings. The Bertz CT molecular complexity index is 431. The van der Waals surface area contributed by atoms with Gasteiger partial charge in [0, 0.05) is 6.61 Å². The van der Waals surface area contributed by atoms with Crippen LogP contribution in [0.4, 0.5) is 0 Å². The smallest absolute Gasteiger partial charge is 0.191 e. The van der Waals surface area contributed by atoms with Crippen molar-refractivity contribution in [3.05, 3.63) is 35.4 Å². The van der Waals surface area contributed by atoms with Crippen LogP contribution in [0.5, 0.6) is 0 Å². The Morgan fingerprint density at radius 2 is 1.67 bits per heavy atom. The van der Waals surface area contributed by atoms with Gasteiger partial charge in [0.05, 0.1) is 9.30 Å². The van der Waals surface area contributed by atoms with Gasteiger partial charge >= 0.3 is 0 Å². The summed E-state index contributed by atoms with van der Waals surface area (Å²) < 4.78 is 20.6. The molecule has 0 aromatic heterocycles. The maximum absolute atomic E-state index is 9.27. The van der Waals surface area contributed by atoms with Gasteiger partial charge in [-0.15, -0.1) is 0 Å². The molecule has 0 unspecified atom stereocenters. The Balaban J connectivity index is 2.56. The van der Waals surface area contributed by atoms with Crippen molar-refractivity contribution in [2.45, 2.75) is 51.9 Å². The third-order valence-electron chi connectivity index (χ3n) is 3.74. The van der Waals surface area contributed by atoms with E-state index in [4.69, 9.17) is 7.17 Å². The van der Waals surface area contributed by atoms with Crippen molar-refractivity contribution in [3.63, 3.8) is 0 Å². The average molecular weight is 268 g/mol. The summed E-state index contributed by atoms with van der Waals surface area (Å²) in [6, 6.07) is 6.94. The zero-order valence-corrected chi connectivity index (χ0v) is 13.1. The van der Waals surface area contributed by atoms with Crippen molar-refractivity contribution in [3.8, 4) is 0 Å². The first-order chi connectivity index (χ1) is 8.93. The Morgan fingerprint density at radius 3 is 2.11 bits per heavy atom. The normalized spacial score (nSPS) is 15.2. The van der Waals surface area contributed by atoms with Gasteiger partial charge in [-0.25, -0.2) is 0 Å². The van der Waals surface area contributed by atoms with E-state index in [-0.39, 0.29) is 10.6 Å². The van der Waals surface area contributed by atoms with Crippen LogP contribution in [0, 0.1) is 0 Å². The molecule has 1 rings (SSSR count). The third kappa shape index (κ3) is 4.23. The SMILES string of the molecule is [2H]C([2H])(O)c1ccc(CCO[Si](C)(C)C(C)(C)C)cc1. The highest BCUT2D eigenvalue weighted by molar-refractivity contribution is 6.74. The largest absolute Gasteiger partial charge is 0.416 e. The Kier molecular flexibility index (Phi) is 4.13. The molecule has 102 valence electrons. The first-order valence-corrected chi connectivity index (χ1v) is 9.30. The number of benzene rings is 1. The monoisotopic (exact) mass is 268 g/mol. The van der Waals surface area contributed by atoms with Crippen LogP contribution in [0.25, 0.3) is 0 Å². The summed E-state index contributed by atoms with van der Waals surface area (Å²) in [5, 5.41) is 9.48. The van der Waals surface area contributed by atoms with Crippen molar-refractivity contribution in [1.29, 1.82) is 0 Å². The van der Waals surface area contributed by atoms with Gasteiger partial charge < -0.3 is 9.53 Å². The number of aliphatic hydroxyl groups is 1. The molecule has 0 aliphatic carbocycles. The molecule has 0 aliphatic heterocycles. The van der Waals surface area contributed by atoms with Gasteiger partial charge in [-0.1, -0.05) is 45.0 Å². The van der Waals surface area contributed by atoms with E-state index in [2.05, 4.69) is 33.9 Å². The zero-order valence-electron chi connectivity index (χ0n) is 14.1. The topological polar surface area (TPSA) is 29.5 Å². The van der Waals surface area contributed by atoms with E-state index in [9.17, 15) is 5.11 Å². The number of hydrogen-bond acceptors (Lipinski definition) is 2. The lowest BCUT2D eigenvalue weighted by molar-refractivity contribution is 0.281.